The Hall–Kier alpha value is -2.83. The summed E-state index contributed by atoms with van der Waals surface area (Å²) >= 11 is 0. The molecule has 0 radical (unpaired) electrons. The predicted octanol–water partition coefficient (Wildman–Crippen LogP) is 4.80. The number of amides is 1. The molecule has 0 unspecified atom stereocenters. The van der Waals surface area contributed by atoms with E-state index in [2.05, 4.69) is 20.3 Å². The highest BCUT2D eigenvalue weighted by Crippen LogP contribution is 2.39. The maximum absolute atomic E-state index is 13.6. The van der Waals surface area contributed by atoms with Crippen molar-refractivity contribution in [1.29, 1.82) is 0 Å². The maximum Gasteiger partial charge on any atom is 0.265 e. The fourth-order valence-corrected chi connectivity index (χ4v) is 4.61. The molecular formula is C24H30FN5O. The first-order valence-corrected chi connectivity index (χ1v) is 11.2. The monoisotopic (exact) mass is 423 g/mol. The molecule has 1 aromatic heterocycles. The van der Waals surface area contributed by atoms with Gasteiger partial charge >= 0.3 is 0 Å². The van der Waals surface area contributed by atoms with Crippen molar-refractivity contribution in [2.75, 3.05) is 18.0 Å². The van der Waals surface area contributed by atoms with E-state index in [9.17, 15) is 9.18 Å². The molecular weight excluding hydrogens is 393 g/mol. The van der Waals surface area contributed by atoms with Crippen molar-refractivity contribution in [2.45, 2.75) is 58.8 Å². The van der Waals surface area contributed by atoms with Crippen molar-refractivity contribution in [3.05, 3.63) is 41.6 Å². The second-order valence-electron chi connectivity index (χ2n) is 8.55. The molecule has 0 saturated heterocycles. The number of rotatable bonds is 7. The molecule has 1 aromatic carbocycles. The van der Waals surface area contributed by atoms with Gasteiger partial charge < -0.3 is 10.2 Å². The van der Waals surface area contributed by atoms with Crippen LogP contribution in [0.5, 0.6) is 0 Å². The van der Waals surface area contributed by atoms with E-state index < -0.39 is 0 Å². The fourth-order valence-electron chi connectivity index (χ4n) is 4.61. The van der Waals surface area contributed by atoms with E-state index in [1.807, 2.05) is 11.8 Å². The minimum absolute atomic E-state index is 0.162. The maximum atomic E-state index is 13.6. The first-order valence-electron chi connectivity index (χ1n) is 11.2. The number of fused-ring (bicyclic) bond motifs is 1. The van der Waals surface area contributed by atoms with E-state index in [4.69, 9.17) is 0 Å². The second kappa shape index (κ2) is 9.54. The molecule has 1 fully saturated rings. The molecule has 6 nitrogen and oxygen atoms in total. The highest BCUT2D eigenvalue weighted by atomic mass is 19.1. The summed E-state index contributed by atoms with van der Waals surface area (Å²) in [7, 11) is 0. The minimum atomic E-state index is -0.238. The van der Waals surface area contributed by atoms with Crippen LogP contribution in [0.4, 0.5) is 21.6 Å². The van der Waals surface area contributed by atoms with Gasteiger partial charge in [0.15, 0.2) is 5.82 Å². The van der Waals surface area contributed by atoms with Gasteiger partial charge in [-0.25, -0.2) is 19.4 Å². The topological polar surface area (TPSA) is 70.5 Å². The Morgan fingerprint density at radius 2 is 2.10 bits per heavy atom. The molecule has 2 aromatic rings. The van der Waals surface area contributed by atoms with Crippen molar-refractivity contribution in [3.8, 4) is 0 Å². The van der Waals surface area contributed by atoms with Crippen molar-refractivity contribution in [1.82, 2.24) is 15.3 Å². The van der Waals surface area contributed by atoms with E-state index in [0.717, 1.165) is 30.0 Å². The van der Waals surface area contributed by atoms with Crippen LogP contribution >= 0.6 is 0 Å². The molecule has 1 amide bonds. The lowest BCUT2D eigenvalue weighted by atomic mass is 10.0. The number of aryl methyl sites for hydroxylation is 1. The first kappa shape index (κ1) is 21.4. The molecule has 1 N–H and O–H groups in total. The zero-order valence-corrected chi connectivity index (χ0v) is 18.3. The van der Waals surface area contributed by atoms with Gasteiger partial charge in [0, 0.05) is 18.8 Å². The average Bonchev–Trinajstić information content (AvgIpc) is 3.42. The van der Waals surface area contributed by atoms with E-state index >= 15 is 0 Å². The van der Waals surface area contributed by atoms with E-state index in [1.165, 1.54) is 44.5 Å². The summed E-state index contributed by atoms with van der Waals surface area (Å²) in [5.41, 5.74) is 3.54. The summed E-state index contributed by atoms with van der Waals surface area (Å²) in [5, 5.41) is 2.99. The number of nitrogens with zero attached hydrogens (tertiary/aromatic N) is 4. The number of aliphatic imine (C=N–C) groups is 1. The average molecular weight is 424 g/mol. The third kappa shape index (κ3) is 4.92. The van der Waals surface area contributed by atoms with Gasteiger partial charge in [0.25, 0.3) is 5.91 Å². The highest BCUT2D eigenvalue weighted by molar-refractivity contribution is 6.38. The van der Waals surface area contributed by atoms with Gasteiger partial charge in [-0.3, -0.25) is 4.79 Å². The van der Waals surface area contributed by atoms with Crippen LogP contribution < -0.4 is 10.2 Å². The van der Waals surface area contributed by atoms with Crippen molar-refractivity contribution < 1.29 is 9.18 Å². The molecule has 2 heterocycles. The third-order valence-electron chi connectivity index (χ3n) is 6.34. The van der Waals surface area contributed by atoms with Gasteiger partial charge in [0.2, 0.25) is 0 Å². The van der Waals surface area contributed by atoms with Crippen LogP contribution in [0.25, 0.3) is 0 Å². The van der Waals surface area contributed by atoms with Crippen LogP contribution in [0, 0.1) is 18.7 Å². The smallest absolute Gasteiger partial charge is 0.265 e. The van der Waals surface area contributed by atoms with Crippen LogP contribution in [-0.4, -0.2) is 34.7 Å². The van der Waals surface area contributed by atoms with Crippen molar-refractivity contribution in [3.63, 3.8) is 0 Å². The minimum Gasteiger partial charge on any atom is -0.351 e. The van der Waals surface area contributed by atoms with Gasteiger partial charge in [-0.1, -0.05) is 25.7 Å². The Morgan fingerprint density at radius 1 is 1.29 bits per heavy atom. The van der Waals surface area contributed by atoms with Crippen LogP contribution in [0.15, 0.2) is 29.5 Å². The summed E-state index contributed by atoms with van der Waals surface area (Å²) in [6, 6.07) is 4.79. The summed E-state index contributed by atoms with van der Waals surface area (Å²) < 4.78 is 13.6. The molecule has 0 atom stereocenters. The summed E-state index contributed by atoms with van der Waals surface area (Å²) in [6.45, 7) is 4.93. The number of aromatic nitrogens is 2. The molecule has 0 bridgehead atoms. The standard InChI is InChI=1S/C24H30FN5O/c1-16-22(29-17(2)24(31)26-12-5-8-18-6-3-4-7-18)23(28-15-27-16)30-13-11-19-14-20(25)9-10-21(19)30/h9-10,14-15,18H,3-8,11-13H2,1-2H3,(H,26,31)/b29-17+. The Morgan fingerprint density at radius 3 is 2.90 bits per heavy atom. The van der Waals surface area contributed by atoms with Gasteiger partial charge in [0.1, 0.15) is 23.5 Å². The number of carbonyl (C=O) groups is 1. The lowest BCUT2D eigenvalue weighted by Crippen LogP contribution is -2.30. The van der Waals surface area contributed by atoms with Crippen molar-refractivity contribution in [2.24, 2.45) is 10.9 Å². The van der Waals surface area contributed by atoms with Crippen molar-refractivity contribution >= 4 is 28.8 Å². The molecule has 1 aliphatic carbocycles. The molecule has 4 rings (SSSR count). The number of anilines is 2. The lowest BCUT2D eigenvalue weighted by Gasteiger charge is -2.20. The van der Waals surface area contributed by atoms with Crippen LogP contribution in [0.2, 0.25) is 0 Å². The highest BCUT2D eigenvalue weighted by Gasteiger charge is 2.25. The summed E-state index contributed by atoms with van der Waals surface area (Å²) in [5.74, 6) is 1.07. The Balaban J connectivity index is 1.47. The van der Waals surface area contributed by atoms with Gasteiger partial charge in [-0.2, -0.15) is 0 Å². The number of hydrogen-bond donors (Lipinski definition) is 1. The normalized spacial score (nSPS) is 16.6. The van der Waals surface area contributed by atoms with Crippen LogP contribution in [0.1, 0.15) is 56.7 Å². The number of benzene rings is 1. The Kier molecular flexibility index (Phi) is 6.59. The van der Waals surface area contributed by atoms with Crippen LogP contribution in [-0.2, 0) is 11.2 Å². The predicted molar refractivity (Wildman–Crippen MR) is 121 cm³/mol. The van der Waals surface area contributed by atoms with Crippen LogP contribution in [0.3, 0.4) is 0 Å². The zero-order valence-electron chi connectivity index (χ0n) is 18.3. The summed E-state index contributed by atoms with van der Waals surface area (Å²) in [4.78, 5) is 28.0. The number of halogens is 1. The third-order valence-corrected chi connectivity index (χ3v) is 6.34. The molecule has 31 heavy (non-hydrogen) atoms. The van der Waals surface area contributed by atoms with Gasteiger partial charge in [-0.15, -0.1) is 0 Å². The molecule has 2 aliphatic rings. The Bertz CT molecular complexity index is 984. The second-order valence-corrected chi connectivity index (χ2v) is 8.55. The lowest BCUT2D eigenvalue weighted by molar-refractivity contribution is -0.114. The summed E-state index contributed by atoms with van der Waals surface area (Å²) in [6.07, 6.45) is 9.78. The van der Waals surface area contributed by atoms with Gasteiger partial charge in [-0.05, 0) is 62.8 Å². The molecule has 164 valence electrons. The quantitative estimate of drug-likeness (QED) is 0.513. The number of carbonyl (C=O) groups excluding carboxylic acids is 1. The SMILES string of the molecule is C/C(=N\c1c(C)ncnc1N1CCc2cc(F)ccc21)C(=O)NCCCC1CCCC1. The molecule has 7 heteroatoms. The van der Waals surface area contributed by atoms with E-state index in [-0.39, 0.29) is 11.7 Å². The first-order chi connectivity index (χ1) is 15.0. The zero-order chi connectivity index (χ0) is 21.8. The number of nitrogens with one attached hydrogen (secondary N) is 1. The molecule has 0 spiro atoms. The fraction of sp³-hybridized carbons (Fsp3) is 0.500. The molecule has 1 saturated carbocycles. The van der Waals surface area contributed by atoms with E-state index in [1.54, 1.807) is 19.1 Å². The largest absolute Gasteiger partial charge is 0.351 e. The van der Waals surface area contributed by atoms with Gasteiger partial charge in [0.05, 0.1) is 5.69 Å². The number of hydrogen-bond acceptors (Lipinski definition) is 5. The Labute approximate surface area is 183 Å². The van der Waals surface area contributed by atoms with E-state index in [0.29, 0.717) is 36.0 Å². The molecule has 1 aliphatic heterocycles.